The molecule has 1 aromatic heterocycles. The van der Waals surface area contributed by atoms with Crippen molar-refractivity contribution < 1.29 is 4.42 Å². The summed E-state index contributed by atoms with van der Waals surface area (Å²) in [5.41, 5.74) is 6.32. The average Bonchev–Trinajstić information content (AvgIpc) is 2.99. The number of benzene rings is 2. The summed E-state index contributed by atoms with van der Waals surface area (Å²) in [7, 11) is 0. The van der Waals surface area contributed by atoms with Crippen molar-refractivity contribution in [3.05, 3.63) is 89.0 Å². The van der Waals surface area contributed by atoms with Crippen molar-refractivity contribution in [3.8, 4) is 0 Å². The molecule has 0 radical (unpaired) electrons. The van der Waals surface area contributed by atoms with Crippen LogP contribution in [0.25, 0.3) is 27.5 Å². The van der Waals surface area contributed by atoms with Crippen LogP contribution in [0.15, 0.2) is 87.8 Å². The van der Waals surface area contributed by atoms with Gasteiger partial charge in [0.2, 0.25) is 0 Å². The number of halogens is 1. The first-order valence-electron chi connectivity index (χ1n) is 8.38. The van der Waals surface area contributed by atoms with Gasteiger partial charge in [0.1, 0.15) is 11.2 Å². The van der Waals surface area contributed by atoms with Gasteiger partial charge >= 0.3 is 0 Å². The zero-order valence-corrected chi connectivity index (χ0v) is 16.2. The summed E-state index contributed by atoms with van der Waals surface area (Å²) in [5.74, 6) is 0. The molecule has 1 nitrogen and oxygen atoms in total. The van der Waals surface area contributed by atoms with E-state index in [4.69, 9.17) is 4.42 Å². The number of hydrogen-bond acceptors (Lipinski definition) is 1. The van der Waals surface area contributed by atoms with Gasteiger partial charge in [-0.05, 0) is 66.0 Å². The summed E-state index contributed by atoms with van der Waals surface area (Å²) in [4.78, 5) is 0. The van der Waals surface area contributed by atoms with Gasteiger partial charge in [-0.2, -0.15) is 0 Å². The Labute approximate surface area is 157 Å². The van der Waals surface area contributed by atoms with E-state index in [2.05, 4.69) is 73.3 Å². The van der Waals surface area contributed by atoms with Gasteiger partial charge in [0.25, 0.3) is 0 Å². The van der Waals surface area contributed by atoms with Crippen LogP contribution in [0.1, 0.15) is 25.8 Å². The molecule has 3 rings (SSSR count). The molecule has 0 saturated carbocycles. The third kappa shape index (κ3) is 3.40. The fourth-order valence-electron chi connectivity index (χ4n) is 3.00. The maximum Gasteiger partial charge on any atom is 0.135 e. The van der Waals surface area contributed by atoms with Crippen molar-refractivity contribution in [3.63, 3.8) is 0 Å². The van der Waals surface area contributed by atoms with E-state index >= 15 is 0 Å². The monoisotopic (exact) mass is 392 g/mol. The second-order valence-electron chi connectivity index (χ2n) is 5.95. The highest BCUT2D eigenvalue weighted by Gasteiger charge is 2.10. The van der Waals surface area contributed by atoms with Crippen LogP contribution in [-0.2, 0) is 0 Å². The first kappa shape index (κ1) is 17.5. The maximum absolute atomic E-state index is 5.95. The normalized spacial score (nSPS) is 12.8. The SMILES string of the molecule is C=CC(=C)C(=CC(=CC)c1ccc2oc3ccc(Br)cc3c2c1)CC. The lowest BCUT2D eigenvalue weighted by Gasteiger charge is -2.08. The highest BCUT2D eigenvalue weighted by molar-refractivity contribution is 9.10. The minimum absolute atomic E-state index is 0.905. The summed E-state index contributed by atoms with van der Waals surface area (Å²) in [5, 5.41) is 2.25. The molecule has 1 heterocycles. The molecule has 0 fully saturated rings. The first-order chi connectivity index (χ1) is 12.1. The quantitative estimate of drug-likeness (QED) is 0.403. The molecule has 2 aromatic carbocycles. The van der Waals surface area contributed by atoms with E-state index in [-0.39, 0.29) is 0 Å². The molecule has 0 atom stereocenters. The Morgan fingerprint density at radius 2 is 1.80 bits per heavy atom. The van der Waals surface area contributed by atoms with Gasteiger partial charge in [-0.25, -0.2) is 0 Å². The van der Waals surface area contributed by atoms with Gasteiger partial charge in [-0.15, -0.1) is 0 Å². The molecule has 0 aliphatic rings. The molecular weight excluding hydrogens is 372 g/mol. The Morgan fingerprint density at radius 3 is 2.44 bits per heavy atom. The predicted molar refractivity (Wildman–Crippen MR) is 113 cm³/mol. The number of hydrogen-bond donors (Lipinski definition) is 0. The molecule has 2 heteroatoms. The summed E-state index contributed by atoms with van der Waals surface area (Å²) < 4.78 is 7.00. The molecular formula is C23H21BrO. The fraction of sp³-hybridized carbons (Fsp3) is 0.130. The van der Waals surface area contributed by atoms with E-state index in [0.29, 0.717) is 0 Å². The third-order valence-corrected chi connectivity index (χ3v) is 4.94. The van der Waals surface area contributed by atoms with Crippen LogP contribution in [0.4, 0.5) is 0 Å². The molecule has 0 aliphatic carbocycles. The van der Waals surface area contributed by atoms with Crippen LogP contribution in [-0.4, -0.2) is 0 Å². The third-order valence-electron chi connectivity index (χ3n) is 4.45. The molecule has 3 aromatic rings. The van der Waals surface area contributed by atoms with Crippen LogP contribution in [0.2, 0.25) is 0 Å². The Kier molecular flexibility index (Phi) is 5.10. The smallest absolute Gasteiger partial charge is 0.135 e. The Hall–Kier alpha value is -2.32. The van der Waals surface area contributed by atoms with Crippen molar-refractivity contribution in [2.45, 2.75) is 20.3 Å². The van der Waals surface area contributed by atoms with Crippen molar-refractivity contribution in [2.24, 2.45) is 0 Å². The van der Waals surface area contributed by atoms with E-state index < -0.39 is 0 Å². The van der Waals surface area contributed by atoms with Crippen molar-refractivity contribution in [1.82, 2.24) is 0 Å². The van der Waals surface area contributed by atoms with E-state index in [0.717, 1.165) is 38.4 Å². The van der Waals surface area contributed by atoms with Gasteiger partial charge in [-0.1, -0.05) is 60.3 Å². The predicted octanol–water partition coefficient (Wildman–Crippen LogP) is 7.83. The lowest BCUT2D eigenvalue weighted by Crippen LogP contribution is -1.87. The molecule has 25 heavy (non-hydrogen) atoms. The standard InChI is InChI=1S/C23H21BrO/c1-5-15(4)16(6-2)12-17(7-3)18-8-10-22-20(13-18)21-14-19(24)9-11-23(21)25-22/h5,7-14H,1,4,6H2,2-3H3. The number of allylic oxidation sites excluding steroid dienone is 6. The van der Waals surface area contributed by atoms with Crippen LogP contribution in [0.5, 0.6) is 0 Å². The summed E-state index contributed by atoms with van der Waals surface area (Å²) in [6.07, 6.45) is 7.06. The van der Waals surface area contributed by atoms with Crippen LogP contribution >= 0.6 is 15.9 Å². The maximum atomic E-state index is 5.95. The molecule has 0 amide bonds. The van der Waals surface area contributed by atoms with Crippen LogP contribution in [0, 0.1) is 0 Å². The fourth-order valence-corrected chi connectivity index (χ4v) is 3.36. The van der Waals surface area contributed by atoms with Gasteiger partial charge < -0.3 is 4.42 Å². The highest BCUT2D eigenvalue weighted by Crippen LogP contribution is 2.33. The second-order valence-corrected chi connectivity index (χ2v) is 6.87. The van der Waals surface area contributed by atoms with E-state index in [9.17, 15) is 0 Å². The minimum Gasteiger partial charge on any atom is -0.456 e. The molecule has 126 valence electrons. The number of fused-ring (bicyclic) bond motifs is 3. The highest BCUT2D eigenvalue weighted by atomic mass is 79.9. The molecule has 0 aliphatic heterocycles. The van der Waals surface area contributed by atoms with Gasteiger partial charge in [-0.3, -0.25) is 0 Å². The zero-order valence-electron chi connectivity index (χ0n) is 14.6. The molecule has 0 N–H and O–H groups in total. The molecule has 0 saturated heterocycles. The molecule has 0 bridgehead atoms. The van der Waals surface area contributed by atoms with Gasteiger partial charge in [0, 0.05) is 15.2 Å². The number of furan rings is 1. The Balaban J connectivity index is 2.15. The minimum atomic E-state index is 0.905. The van der Waals surface area contributed by atoms with Crippen molar-refractivity contribution in [2.75, 3.05) is 0 Å². The van der Waals surface area contributed by atoms with E-state index in [1.165, 1.54) is 16.7 Å². The van der Waals surface area contributed by atoms with Gasteiger partial charge in [0.15, 0.2) is 0 Å². The first-order valence-corrected chi connectivity index (χ1v) is 9.17. The van der Waals surface area contributed by atoms with Gasteiger partial charge in [0.05, 0.1) is 0 Å². The lowest BCUT2D eigenvalue weighted by molar-refractivity contribution is 0.669. The van der Waals surface area contributed by atoms with Crippen molar-refractivity contribution in [1.29, 1.82) is 0 Å². The number of rotatable bonds is 5. The molecule has 0 spiro atoms. The summed E-state index contributed by atoms with van der Waals surface area (Å²) >= 11 is 3.55. The molecule has 0 unspecified atom stereocenters. The zero-order chi connectivity index (χ0) is 18.0. The largest absolute Gasteiger partial charge is 0.456 e. The second kappa shape index (κ2) is 7.28. The summed E-state index contributed by atoms with van der Waals surface area (Å²) in [6.45, 7) is 12.1. The topological polar surface area (TPSA) is 13.1 Å². The Morgan fingerprint density at radius 1 is 1.12 bits per heavy atom. The van der Waals surface area contributed by atoms with E-state index in [1.807, 2.05) is 24.3 Å². The lowest BCUT2D eigenvalue weighted by atomic mass is 9.97. The van der Waals surface area contributed by atoms with Crippen molar-refractivity contribution >= 4 is 43.4 Å². The van der Waals surface area contributed by atoms with E-state index in [1.54, 1.807) is 0 Å². The summed E-state index contributed by atoms with van der Waals surface area (Å²) in [6, 6.07) is 12.5. The van der Waals surface area contributed by atoms with Crippen LogP contribution in [0.3, 0.4) is 0 Å². The average molecular weight is 393 g/mol. The van der Waals surface area contributed by atoms with Crippen LogP contribution < -0.4 is 0 Å². The Bertz CT molecular complexity index is 1030.